The highest BCUT2D eigenvalue weighted by Crippen LogP contribution is 2.31. The molecule has 0 spiro atoms. The Morgan fingerprint density at radius 3 is 1.76 bits per heavy atom. The van der Waals surface area contributed by atoms with E-state index in [4.69, 9.17) is 0 Å². The Balaban J connectivity index is 2.22. The lowest BCUT2D eigenvalue weighted by atomic mass is 10.4. The topological polar surface area (TPSA) is 8.81 Å². The van der Waals surface area contributed by atoms with Crippen molar-refractivity contribution in [3.05, 3.63) is 70.6 Å². The average molecular weight is 407 g/mol. The van der Waals surface area contributed by atoms with Crippen LogP contribution in [0.1, 0.15) is 0 Å². The summed E-state index contributed by atoms with van der Waals surface area (Å²) in [5.41, 5.74) is 1.35. The molecule has 0 atom stereocenters. The molecule has 0 aliphatic heterocycles. The molecule has 0 N–H and O–H groups in total. The summed E-state index contributed by atoms with van der Waals surface area (Å²) in [6, 6.07) is 21.6. The number of aryl methyl sites for hydroxylation is 1. The number of nitrogens with zero attached hydrogens (tertiary/aromatic N) is 2. The molecule has 0 unspecified atom stereocenters. The zero-order chi connectivity index (χ0) is 14.8. The fourth-order valence-electron chi connectivity index (χ4n) is 2.48. The van der Waals surface area contributed by atoms with Crippen LogP contribution in [-0.2, 0) is 14.1 Å². The normalized spacial score (nSPS) is 11.0. The van der Waals surface area contributed by atoms with E-state index in [1.54, 1.807) is 0 Å². The molecule has 21 heavy (non-hydrogen) atoms. The van der Waals surface area contributed by atoms with Crippen LogP contribution in [0.4, 0.5) is 0 Å². The van der Waals surface area contributed by atoms with E-state index in [0.717, 1.165) is 0 Å². The summed E-state index contributed by atoms with van der Waals surface area (Å²) in [4.78, 5) is 0. The molecule has 0 radical (unpaired) electrons. The monoisotopic (exact) mass is 407 g/mol. The summed E-state index contributed by atoms with van der Waals surface area (Å²) in [6.07, 6.45) is 2.19. The second kappa shape index (κ2) is 6.29. The zero-order valence-corrected chi connectivity index (χ0v) is 15.1. The summed E-state index contributed by atoms with van der Waals surface area (Å²) in [7, 11) is 3.74. The lowest BCUT2D eigenvalue weighted by Crippen LogP contribution is -2.47. The lowest BCUT2D eigenvalue weighted by Gasteiger charge is -2.15. The van der Waals surface area contributed by atoms with Crippen molar-refractivity contribution in [2.45, 2.75) is 0 Å². The van der Waals surface area contributed by atoms with Crippen molar-refractivity contribution >= 4 is 46.7 Å². The van der Waals surface area contributed by atoms with Crippen LogP contribution in [0.5, 0.6) is 0 Å². The molecule has 3 aromatic rings. The first kappa shape index (κ1) is 14.7. The van der Waals surface area contributed by atoms with Crippen LogP contribution in [0.3, 0.4) is 0 Å². The van der Waals surface area contributed by atoms with E-state index in [1.807, 2.05) is 0 Å². The number of aromatic nitrogens is 2. The van der Waals surface area contributed by atoms with Gasteiger partial charge in [0.25, 0.3) is 5.57 Å². The van der Waals surface area contributed by atoms with Crippen LogP contribution in [0.15, 0.2) is 66.9 Å². The Morgan fingerprint density at radius 2 is 1.38 bits per heavy atom. The molecule has 4 heteroatoms. The summed E-state index contributed by atoms with van der Waals surface area (Å²) in [6.45, 7) is 0. The number of benzene rings is 2. The molecule has 0 aliphatic carbocycles. The Bertz CT molecular complexity index is 699. The Kier molecular flexibility index (Phi) is 4.41. The molecule has 0 aliphatic rings. The fourth-order valence-corrected chi connectivity index (χ4v) is 5.80. The van der Waals surface area contributed by atoms with Gasteiger partial charge in [0.15, 0.2) is 0 Å². The maximum absolute atomic E-state index is 2.40. The first-order valence-corrected chi connectivity index (χ1v) is 9.21. The van der Waals surface area contributed by atoms with Gasteiger partial charge in [-0.2, -0.15) is 0 Å². The van der Waals surface area contributed by atoms with Crippen LogP contribution in [-0.4, -0.2) is 4.57 Å². The van der Waals surface area contributed by atoms with Crippen LogP contribution in [0.25, 0.3) is 0 Å². The van der Waals surface area contributed by atoms with E-state index in [2.05, 4.69) is 113 Å². The zero-order valence-electron chi connectivity index (χ0n) is 12.1. The molecule has 0 saturated carbocycles. The van der Waals surface area contributed by atoms with E-state index in [9.17, 15) is 0 Å². The predicted octanol–water partition coefficient (Wildman–Crippen LogP) is 2.21. The van der Waals surface area contributed by atoms with Gasteiger partial charge in [0, 0.05) is 22.6 Å². The van der Waals surface area contributed by atoms with Crippen LogP contribution >= 0.6 is 30.5 Å². The summed E-state index contributed by atoms with van der Waals surface area (Å²) in [5, 5.41) is 2.76. The van der Waals surface area contributed by atoms with Crippen molar-refractivity contribution in [2.75, 3.05) is 0 Å². The van der Waals surface area contributed by atoms with Gasteiger partial charge in [-0.1, -0.05) is 60.7 Å². The van der Waals surface area contributed by atoms with E-state index >= 15 is 0 Å². The second-order valence-electron chi connectivity index (χ2n) is 4.93. The van der Waals surface area contributed by atoms with Crippen molar-refractivity contribution in [1.29, 1.82) is 0 Å². The quantitative estimate of drug-likeness (QED) is 0.358. The minimum atomic E-state index is -0.546. The minimum absolute atomic E-state index is 0.546. The Hall–Kier alpha value is -1.19. The molecule has 1 aromatic heterocycles. The van der Waals surface area contributed by atoms with Gasteiger partial charge in [-0.15, -0.1) is 0 Å². The van der Waals surface area contributed by atoms with E-state index in [-0.39, 0.29) is 0 Å². The third-order valence-corrected chi connectivity index (χ3v) is 7.11. The molecule has 2 aromatic carbocycles. The van der Waals surface area contributed by atoms with Gasteiger partial charge in [-0.25, -0.2) is 9.13 Å². The number of rotatable bonds is 3. The number of imidazole rings is 1. The van der Waals surface area contributed by atoms with Gasteiger partial charge >= 0.3 is 0 Å². The van der Waals surface area contributed by atoms with Crippen molar-refractivity contribution in [1.82, 2.24) is 4.57 Å². The highest BCUT2D eigenvalue weighted by Gasteiger charge is 2.29. The minimum Gasteiger partial charge on any atom is -0.232 e. The summed E-state index contributed by atoms with van der Waals surface area (Å²) >= 11 is 2.40. The highest BCUT2D eigenvalue weighted by molar-refractivity contribution is 14.1. The van der Waals surface area contributed by atoms with Gasteiger partial charge in [0.1, 0.15) is 6.20 Å². The SMILES string of the molecule is Cn1c(I)c[n+](C)c1P(c1ccccc1)c1ccccc1. The van der Waals surface area contributed by atoms with Crippen molar-refractivity contribution in [2.24, 2.45) is 14.1 Å². The third-order valence-electron chi connectivity index (χ3n) is 3.46. The number of hydrogen-bond donors (Lipinski definition) is 0. The van der Waals surface area contributed by atoms with E-state index in [1.165, 1.54) is 19.9 Å². The highest BCUT2D eigenvalue weighted by atomic mass is 127. The maximum atomic E-state index is 2.40. The van der Waals surface area contributed by atoms with Crippen LogP contribution in [0, 0.1) is 3.70 Å². The largest absolute Gasteiger partial charge is 0.286 e. The van der Waals surface area contributed by atoms with Gasteiger partial charge in [-0.3, -0.25) is 0 Å². The first-order valence-electron chi connectivity index (χ1n) is 6.79. The lowest BCUT2D eigenvalue weighted by molar-refractivity contribution is -0.652. The molecule has 0 fully saturated rings. The smallest absolute Gasteiger partial charge is 0.232 e. The maximum Gasteiger partial charge on any atom is 0.286 e. The Morgan fingerprint density at radius 1 is 0.905 bits per heavy atom. The molecule has 1 heterocycles. The van der Waals surface area contributed by atoms with Crippen molar-refractivity contribution in [3.8, 4) is 0 Å². The van der Waals surface area contributed by atoms with Gasteiger partial charge in [0.2, 0.25) is 3.70 Å². The summed E-state index contributed by atoms with van der Waals surface area (Å²) in [5.74, 6) is 0. The van der Waals surface area contributed by atoms with Crippen molar-refractivity contribution in [3.63, 3.8) is 0 Å². The average Bonchev–Trinajstić information content (AvgIpc) is 2.76. The standard InChI is InChI=1S/C17H17IN2P/c1-19-13-16(18)20(2)17(19)21(14-9-5-3-6-10-14)15-11-7-4-8-12-15/h3-13H,1-2H3/q+1. The first-order chi connectivity index (χ1) is 10.2. The predicted molar refractivity (Wildman–Crippen MR) is 98.0 cm³/mol. The van der Waals surface area contributed by atoms with Gasteiger partial charge in [0.05, 0.1) is 22.0 Å². The fraction of sp³-hybridized carbons (Fsp3) is 0.118. The van der Waals surface area contributed by atoms with E-state index < -0.39 is 7.92 Å². The molecule has 0 bridgehead atoms. The van der Waals surface area contributed by atoms with Gasteiger partial charge in [-0.05, 0) is 10.6 Å². The summed E-state index contributed by atoms with van der Waals surface area (Å²) < 4.78 is 5.81. The Labute approximate surface area is 140 Å². The van der Waals surface area contributed by atoms with Gasteiger partial charge < -0.3 is 0 Å². The molecule has 3 rings (SSSR count). The van der Waals surface area contributed by atoms with Crippen molar-refractivity contribution < 1.29 is 4.57 Å². The molecule has 0 saturated heterocycles. The van der Waals surface area contributed by atoms with Crippen LogP contribution < -0.4 is 20.7 Å². The number of hydrogen-bond acceptors (Lipinski definition) is 0. The molecular weight excluding hydrogens is 390 g/mol. The number of halogens is 1. The third kappa shape index (κ3) is 2.90. The van der Waals surface area contributed by atoms with E-state index in [0.29, 0.717) is 0 Å². The molecule has 106 valence electrons. The molecule has 2 nitrogen and oxygen atoms in total. The molecular formula is C17H17IN2P+. The van der Waals surface area contributed by atoms with Crippen LogP contribution in [0.2, 0.25) is 0 Å². The second-order valence-corrected chi connectivity index (χ2v) is 8.14. The molecule has 0 amide bonds.